The summed E-state index contributed by atoms with van der Waals surface area (Å²) in [5.41, 5.74) is -1.29. The van der Waals surface area contributed by atoms with Gasteiger partial charge in [-0.1, -0.05) is 6.92 Å². The SMILES string of the molecule is CC1CC1C(C)(C=O)N(C)C(=O)OC(C)(C)C. The first-order valence-corrected chi connectivity index (χ1v) is 6.05. The Morgan fingerprint density at radius 3 is 2.12 bits per heavy atom. The van der Waals surface area contributed by atoms with Crippen molar-refractivity contribution in [3.05, 3.63) is 0 Å². The summed E-state index contributed by atoms with van der Waals surface area (Å²) in [5, 5.41) is 0. The number of likely N-dealkylation sites (N-methyl/N-ethyl adjacent to an activating group) is 1. The fraction of sp³-hybridized carbons (Fsp3) is 0.846. The van der Waals surface area contributed by atoms with Gasteiger partial charge in [-0.2, -0.15) is 0 Å². The first-order valence-electron chi connectivity index (χ1n) is 6.05. The van der Waals surface area contributed by atoms with Crippen LogP contribution in [0, 0.1) is 11.8 Å². The number of amides is 1. The van der Waals surface area contributed by atoms with Crippen LogP contribution in [0.25, 0.3) is 0 Å². The Bertz CT molecular complexity index is 321. The van der Waals surface area contributed by atoms with Gasteiger partial charge in [-0.3, -0.25) is 4.90 Å². The van der Waals surface area contributed by atoms with Crippen molar-refractivity contribution in [3.63, 3.8) is 0 Å². The van der Waals surface area contributed by atoms with Crippen molar-refractivity contribution >= 4 is 12.4 Å². The summed E-state index contributed by atoms with van der Waals surface area (Å²) in [6.45, 7) is 9.34. The third-order valence-corrected chi connectivity index (χ3v) is 3.49. The molecule has 0 radical (unpaired) electrons. The number of carbonyl (C=O) groups excluding carboxylic acids is 2. The molecule has 0 aliphatic heterocycles. The molecule has 17 heavy (non-hydrogen) atoms. The summed E-state index contributed by atoms with van der Waals surface area (Å²) in [4.78, 5) is 24.7. The van der Waals surface area contributed by atoms with E-state index in [2.05, 4.69) is 6.92 Å². The highest BCUT2D eigenvalue weighted by Crippen LogP contribution is 2.47. The molecule has 3 unspecified atom stereocenters. The van der Waals surface area contributed by atoms with Crippen LogP contribution in [0.5, 0.6) is 0 Å². The van der Waals surface area contributed by atoms with Crippen molar-refractivity contribution in [1.29, 1.82) is 0 Å². The Balaban J connectivity index is 2.76. The molecule has 4 nitrogen and oxygen atoms in total. The van der Waals surface area contributed by atoms with Gasteiger partial charge in [-0.05, 0) is 46.0 Å². The highest BCUT2D eigenvalue weighted by molar-refractivity contribution is 5.77. The van der Waals surface area contributed by atoms with Crippen molar-refractivity contribution < 1.29 is 14.3 Å². The standard InChI is InChI=1S/C13H23NO3/c1-9-7-10(9)13(5,8-15)14(6)11(16)17-12(2,3)4/h8-10H,7H2,1-6H3. The van der Waals surface area contributed by atoms with Crippen LogP contribution in [0.15, 0.2) is 0 Å². The maximum atomic E-state index is 11.9. The summed E-state index contributed by atoms with van der Waals surface area (Å²) >= 11 is 0. The smallest absolute Gasteiger partial charge is 0.410 e. The van der Waals surface area contributed by atoms with Crippen LogP contribution in [0.3, 0.4) is 0 Å². The molecule has 0 spiro atoms. The molecule has 98 valence electrons. The van der Waals surface area contributed by atoms with Crippen molar-refractivity contribution in [2.75, 3.05) is 7.05 Å². The molecule has 0 N–H and O–H groups in total. The molecule has 1 rings (SSSR count). The van der Waals surface area contributed by atoms with Gasteiger partial charge < -0.3 is 9.53 Å². The first kappa shape index (κ1) is 14.0. The maximum Gasteiger partial charge on any atom is 0.410 e. The highest BCUT2D eigenvalue weighted by atomic mass is 16.6. The molecule has 0 saturated heterocycles. The topological polar surface area (TPSA) is 46.6 Å². The number of carbonyl (C=O) groups is 2. The van der Waals surface area contributed by atoms with Gasteiger partial charge in [0.15, 0.2) is 0 Å². The average Bonchev–Trinajstić information content (AvgIpc) is 2.91. The van der Waals surface area contributed by atoms with Crippen molar-refractivity contribution in [3.8, 4) is 0 Å². The highest BCUT2D eigenvalue weighted by Gasteiger charge is 2.52. The Kier molecular flexibility index (Phi) is 3.55. The molecule has 0 aromatic heterocycles. The van der Waals surface area contributed by atoms with Crippen molar-refractivity contribution in [2.24, 2.45) is 11.8 Å². The lowest BCUT2D eigenvalue weighted by atomic mass is 9.95. The van der Waals surface area contributed by atoms with E-state index in [1.165, 1.54) is 4.90 Å². The fourth-order valence-electron chi connectivity index (χ4n) is 2.08. The van der Waals surface area contributed by atoms with E-state index in [0.29, 0.717) is 5.92 Å². The van der Waals surface area contributed by atoms with E-state index in [1.807, 2.05) is 20.8 Å². The van der Waals surface area contributed by atoms with Gasteiger partial charge in [0.2, 0.25) is 0 Å². The number of hydrogen-bond donors (Lipinski definition) is 0. The van der Waals surface area contributed by atoms with Gasteiger partial charge in [0.05, 0.1) is 0 Å². The molecule has 0 aromatic carbocycles. The molecule has 1 saturated carbocycles. The minimum atomic E-state index is -0.748. The number of nitrogens with zero attached hydrogens (tertiary/aromatic N) is 1. The monoisotopic (exact) mass is 241 g/mol. The van der Waals surface area contributed by atoms with Crippen LogP contribution in [0.2, 0.25) is 0 Å². The molecule has 0 heterocycles. The summed E-state index contributed by atoms with van der Waals surface area (Å²) in [5.74, 6) is 0.743. The Morgan fingerprint density at radius 1 is 1.35 bits per heavy atom. The zero-order valence-electron chi connectivity index (χ0n) is 11.6. The van der Waals surface area contributed by atoms with Crippen molar-refractivity contribution in [1.82, 2.24) is 4.90 Å². The lowest BCUT2D eigenvalue weighted by molar-refractivity contribution is -0.118. The second-order valence-electron chi connectivity index (χ2n) is 6.20. The summed E-state index contributed by atoms with van der Waals surface area (Å²) in [6.07, 6.45) is 1.42. The van der Waals surface area contributed by atoms with E-state index in [4.69, 9.17) is 4.74 Å². The Hall–Kier alpha value is -1.06. The minimum Gasteiger partial charge on any atom is -0.444 e. The van der Waals surface area contributed by atoms with Gasteiger partial charge in [0.1, 0.15) is 17.4 Å². The van der Waals surface area contributed by atoms with Gasteiger partial charge in [-0.25, -0.2) is 4.79 Å². The second kappa shape index (κ2) is 4.31. The molecule has 0 bridgehead atoms. The molecular formula is C13H23NO3. The van der Waals surface area contributed by atoms with Crippen LogP contribution in [0.1, 0.15) is 41.0 Å². The molecule has 1 aliphatic rings. The molecule has 1 fully saturated rings. The number of aldehydes is 1. The maximum absolute atomic E-state index is 11.9. The Morgan fingerprint density at radius 2 is 1.82 bits per heavy atom. The van der Waals surface area contributed by atoms with Gasteiger partial charge in [-0.15, -0.1) is 0 Å². The van der Waals surface area contributed by atoms with Crippen LogP contribution >= 0.6 is 0 Å². The molecule has 1 aliphatic carbocycles. The van der Waals surface area contributed by atoms with Crippen molar-refractivity contribution in [2.45, 2.75) is 52.2 Å². The van der Waals surface area contributed by atoms with Crippen LogP contribution in [-0.2, 0) is 9.53 Å². The molecule has 0 aromatic rings. The summed E-state index contributed by atoms with van der Waals surface area (Å²) in [6, 6.07) is 0. The van der Waals surface area contributed by atoms with E-state index in [1.54, 1.807) is 14.0 Å². The molecule has 4 heteroatoms. The predicted molar refractivity (Wildman–Crippen MR) is 65.7 cm³/mol. The number of ether oxygens (including phenoxy) is 1. The molecule has 1 amide bonds. The Labute approximate surface area is 103 Å². The predicted octanol–water partition coefficient (Wildman–Crippen LogP) is 2.47. The third kappa shape index (κ3) is 2.99. The zero-order valence-corrected chi connectivity index (χ0v) is 11.6. The number of rotatable bonds is 3. The minimum absolute atomic E-state index is 0.248. The lowest BCUT2D eigenvalue weighted by Gasteiger charge is -2.35. The van der Waals surface area contributed by atoms with Crippen LogP contribution in [0.4, 0.5) is 4.79 Å². The lowest BCUT2D eigenvalue weighted by Crippen LogP contribution is -2.52. The van der Waals surface area contributed by atoms with E-state index in [9.17, 15) is 9.59 Å². The average molecular weight is 241 g/mol. The molecule has 3 atom stereocenters. The van der Waals surface area contributed by atoms with Gasteiger partial charge >= 0.3 is 6.09 Å². The summed E-state index contributed by atoms with van der Waals surface area (Å²) in [7, 11) is 1.63. The van der Waals surface area contributed by atoms with Gasteiger partial charge in [0, 0.05) is 7.05 Å². The second-order valence-corrected chi connectivity index (χ2v) is 6.20. The third-order valence-electron chi connectivity index (χ3n) is 3.49. The van der Waals surface area contributed by atoms with Gasteiger partial charge in [0.25, 0.3) is 0 Å². The normalized spacial score (nSPS) is 26.9. The van der Waals surface area contributed by atoms with Crippen LogP contribution in [-0.4, -0.2) is 35.5 Å². The fourth-order valence-corrected chi connectivity index (χ4v) is 2.08. The zero-order chi connectivity index (χ0) is 13.4. The number of hydrogen-bond acceptors (Lipinski definition) is 3. The molecular weight excluding hydrogens is 218 g/mol. The van der Waals surface area contributed by atoms with E-state index in [-0.39, 0.29) is 5.92 Å². The summed E-state index contributed by atoms with van der Waals surface area (Å²) < 4.78 is 5.29. The van der Waals surface area contributed by atoms with E-state index < -0.39 is 17.2 Å². The quantitative estimate of drug-likeness (QED) is 0.713. The van der Waals surface area contributed by atoms with E-state index >= 15 is 0 Å². The largest absolute Gasteiger partial charge is 0.444 e. The first-order chi connectivity index (χ1) is 7.62. The van der Waals surface area contributed by atoms with Crippen LogP contribution < -0.4 is 0 Å². The van der Waals surface area contributed by atoms with E-state index in [0.717, 1.165) is 12.7 Å².